The van der Waals surface area contributed by atoms with Gasteiger partial charge in [-0.05, 0) is 42.0 Å². The summed E-state index contributed by atoms with van der Waals surface area (Å²) in [5.41, 5.74) is 2.54. The second-order valence-corrected chi connectivity index (χ2v) is 8.77. The minimum atomic E-state index is -0.729. The number of anilines is 1. The van der Waals surface area contributed by atoms with Crippen molar-refractivity contribution in [2.45, 2.75) is 24.6 Å². The first-order valence-corrected chi connectivity index (χ1v) is 10.7. The third-order valence-electron chi connectivity index (χ3n) is 5.20. The number of nitrogens with zero attached hydrogens (tertiary/aromatic N) is 1. The predicted molar refractivity (Wildman–Crippen MR) is 119 cm³/mol. The molecule has 1 aliphatic heterocycles. The minimum absolute atomic E-state index is 0.00891. The first-order valence-electron chi connectivity index (χ1n) is 9.11. The van der Waals surface area contributed by atoms with Crippen LogP contribution in [0.5, 0.6) is 0 Å². The fourth-order valence-electron chi connectivity index (χ4n) is 3.93. The van der Waals surface area contributed by atoms with Crippen LogP contribution in [0.3, 0.4) is 0 Å². The van der Waals surface area contributed by atoms with Crippen molar-refractivity contribution in [1.82, 2.24) is 0 Å². The first-order chi connectivity index (χ1) is 13.5. The number of benzene rings is 3. The van der Waals surface area contributed by atoms with Gasteiger partial charge in [-0.1, -0.05) is 74.3 Å². The van der Waals surface area contributed by atoms with Crippen LogP contribution in [0.25, 0.3) is 0 Å². The third-order valence-corrected chi connectivity index (χ3v) is 6.22. The summed E-state index contributed by atoms with van der Waals surface area (Å²) in [5, 5.41) is 10.9. The fourth-order valence-corrected chi connectivity index (χ4v) is 4.60. The number of Topliss-reactive ketones (excluding diaryl/α,β-unsaturated/α-hetero) is 1. The molecule has 3 atom stereocenters. The molecule has 0 amide bonds. The molecule has 3 nitrogen and oxygen atoms in total. The van der Waals surface area contributed by atoms with Crippen LogP contribution in [0, 0.1) is 0 Å². The minimum Gasteiger partial charge on any atom is -0.374 e. The van der Waals surface area contributed by atoms with Gasteiger partial charge in [0.15, 0.2) is 5.78 Å². The average Bonchev–Trinajstić information content (AvgIpc) is 3.06. The van der Waals surface area contributed by atoms with Crippen LogP contribution in [0.15, 0.2) is 87.8 Å². The van der Waals surface area contributed by atoms with Crippen molar-refractivity contribution in [1.29, 1.82) is 0 Å². The molecule has 1 heterocycles. The number of hydrogen-bond donors (Lipinski definition) is 1. The zero-order valence-electron chi connectivity index (χ0n) is 15.0. The Bertz CT molecular complexity index is 975. The molecule has 28 heavy (non-hydrogen) atoms. The highest BCUT2D eigenvalue weighted by Crippen LogP contribution is 2.41. The van der Waals surface area contributed by atoms with E-state index in [2.05, 4.69) is 31.9 Å². The standard InChI is InChI=1S/C23H19Br2NO2/c24-17-9-11-19(12-10-17)26-21(27)14-20(15-5-2-1-3-6-15)22(26)23(28)16-7-4-8-18(25)13-16/h1-13,20-22,27H,14H2/t20-,21+,22+/m0/s1. The van der Waals surface area contributed by atoms with E-state index in [1.807, 2.05) is 83.8 Å². The van der Waals surface area contributed by atoms with Crippen molar-refractivity contribution < 1.29 is 9.90 Å². The molecule has 0 spiro atoms. The molecule has 0 saturated carbocycles. The lowest BCUT2D eigenvalue weighted by Crippen LogP contribution is -2.42. The molecular weight excluding hydrogens is 482 g/mol. The predicted octanol–water partition coefficient (Wildman–Crippen LogP) is 5.78. The summed E-state index contributed by atoms with van der Waals surface area (Å²) in [7, 11) is 0. The molecule has 0 aromatic heterocycles. The van der Waals surface area contributed by atoms with Crippen LogP contribution in [-0.2, 0) is 0 Å². The van der Waals surface area contributed by atoms with Crippen LogP contribution in [0.2, 0.25) is 0 Å². The molecular formula is C23H19Br2NO2. The Morgan fingerprint density at radius 2 is 1.61 bits per heavy atom. The highest BCUT2D eigenvalue weighted by Gasteiger charge is 2.45. The van der Waals surface area contributed by atoms with Gasteiger partial charge in [0, 0.05) is 32.5 Å². The van der Waals surface area contributed by atoms with E-state index in [-0.39, 0.29) is 11.7 Å². The average molecular weight is 501 g/mol. The van der Waals surface area contributed by atoms with Crippen LogP contribution in [0.4, 0.5) is 5.69 Å². The molecule has 1 saturated heterocycles. The van der Waals surface area contributed by atoms with E-state index >= 15 is 0 Å². The first kappa shape index (κ1) is 19.4. The molecule has 3 aromatic rings. The van der Waals surface area contributed by atoms with E-state index < -0.39 is 12.3 Å². The van der Waals surface area contributed by atoms with Gasteiger partial charge in [0.1, 0.15) is 12.3 Å². The molecule has 5 heteroatoms. The SMILES string of the molecule is O=C(c1cccc(Br)c1)[C@H]1[C@H](c2ccccc2)C[C@@H](O)N1c1ccc(Br)cc1. The number of carbonyl (C=O) groups excluding carboxylic acids is 1. The smallest absolute Gasteiger partial charge is 0.185 e. The Kier molecular flexibility index (Phi) is 5.67. The normalized spacial score (nSPS) is 21.7. The summed E-state index contributed by atoms with van der Waals surface area (Å²) >= 11 is 6.91. The van der Waals surface area contributed by atoms with Crippen molar-refractivity contribution in [2.24, 2.45) is 0 Å². The lowest BCUT2D eigenvalue weighted by Gasteiger charge is -2.31. The monoisotopic (exact) mass is 499 g/mol. The van der Waals surface area contributed by atoms with E-state index in [0.717, 1.165) is 20.2 Å². The lowest BCUT2D eigenvalue weighted by molar-refractivity contribution is 0.0946. The largest absolute Gasteiger partial charge is 0.374 e. The van der Waals surface area contributed by atoms with E-state index in [1.165, 1.54) is 0 Å². The van der Waals surface area contributed by atoms with Gasteiger partial charge >= 0.3 is 0 Å². The Morgan fingerprint density at radius 1 is 0.893 bits per heavy atom. The zero-order chi connectivity index (χ0) is 19.7. The van der Waals surface area contributed by atoms with Gasteiger partial charge in [-0.25, -0.2) is 0 Å². The highest BCUT2D eigenvalue weighted by molar-refractivity contribution is 9.10. The van der Waals surface area contributed by atoms with Gasteiger partial charge in [-0.2, -0.15) is 0 Å². The fraction of sp³-hybridized carbons (Fsp3) is 0.174. The van der Waals surface area contributed by atoms with Crippen molar-refractivity contribution >= 4 is 43.3 Å². The van der Waals surface area contributed by atoms with Crippen LogP contribution in [-0.4, -0.2) is 23.2 Å². The van der Waals surface area contributed by atoms with Crippen molar-refractivity contribution in [3.05, 3.63) is 98.9 Å². The van der Waals surface area contributed by atoms with Gasteiger partial charge in [0.25, 0.3) is 0 Å². The number of aliphatic hydroxyl groups excluding tert-OH is 1. The molecule has 0 aliphatic carbocycles. The number of halogens is 2. The maximum atomic E-state index is 13.6. The summed E-state index contributed by atoms with van der Waals surface area (Å²) in [6.45, 7) is 0. The number of ketones is 1. The van der Waals surface area contributed by atoms with Crippen LogP contribution in [0.1, 0.15) is 28.3 Å². The van der Waals surface area contributed by atoms with Gasteiger partial charge in [-0.15, -0.1) is 0 Å². The second kappa shape index (κ2) is 8.19. The maximum absolute atomic E-state index is 13.6. The Morgan fingerprint density at radius 3 is 2.29 bits per heavy atom. The molecule has 3 aromatic carbocycles. The molecule has 1 fully saturated rings. The van der Waals surface area contributed by atoms with Crippen LogP contribution >= 0.6 is 31.9 Å². The molecule has 0 bridgehead atoms. The van der Waals surface area contributed by atoms with Gasteiger partial charge in [0.05, 0.1) is 0 Å². The maximum Gasteiger partial charge on any atom is 0.185 e. The summed E-state index contributed by atoms with van der Waals surface area (Å²) in [4.78, 5) is 15.5. The molecule has 0 unspecified atom stereocenters. The van der Waals surface area contributed by atoms with Gasteiger partial charge < -0.3 is 10.0 Å². The molecule has 1 N–H and O–H groups in total. The summed E-state index contributed by atoms with van der Waals surface area (Å²) < 4.78 is 1.82. The molecule has 1 aliphatic rings. The second-order valence-electron chi connectivity index (χ2n) is 6.94. The van der Waals surface area contributed by atoms with E-state index in [4.69, 9.17) is 0 Å². The van der Waals surface area contributed by atoms with E-state index in [9.17, 15) is 9.90 Å². The third kappa shape index (κ3) is 3.79. The number of aliphatic hydroxyl groups is 1. The van der Waals surface area contributed by atoms with Crippen molar-refractivity contribution in [2.75, 3.05) is 4.90 Å². The zero-order valence-corrected chi connectivity index (χ0v) is 18.2. The van der Waals surface area contributed by atoms with Crippen LogP contribution < -0.4 is 4.90 Å². The Balaban J connectivity index is 1.80. The Labute approximate surface area is 181 Å². The summed E-state index contributed by atoms with van der Waals surface area (Å²) in [6, 6.07) is 24.7. The quantitative estimate of drug-likeness (QED) is 0.462. The summed E-state index contributed by atoms with van der Waals surface area (Å²) in [5.74, 6) is -0.0825. The van der Waals surface area contributed by atoms with E-state index in [1.54, 1.807) is 0 Å². The molecule has 4 rings (SSSR count). The number of hydrogen-bond acceptors (Lipinski definition) is 3. The van der Waals surface area contributed by atoms with Gasteiger partial charge in [-0.3, -0.25) is 4.79 Å². The van der Waals surface area contributed by atoms with E-state index in [0.29, 0.717) is 12.0 Å². The topological polar surface area (TPSA) is 40.5 Å². The highest BCUT2D eigenvalue weighted by atomic mass is 79.9. The Hall–Kier alpha value is -1.95. The van der Waals surface area contributed by atoms with Crippen molar-refractivity contribution in [3.8, 4) is 0 Å². The van der Waals surface area contributed by atoms with Gasteiger partial charge in [0.2, 0.25) is 0 Å². The molecule has 0 radical (unpaired) electrons. The molecule has 142 valence electrons. The lowest BCUT2D eigenvalue weighted by atomic mass is 9.87. The number of rotatable bonds is 4. The summed E-state index contributed by atoms with van der Waals surface area (Å²) in [6.07, 6.45) is -0.225. The van der Waals surface area contributed by atoms with Crippen molar-refractivity contribution in [3.63, 3.8) is 0 Å². The number of carbonyl (C=O) groups is 1.